The monoisotopic (exact) mass is 265 g/mol. The van der Waals surface area contributed by atoms with Gasteiger partial charge in [0.15, 0.2) is 0 Å². The average molecular weight is 265 g/mol. The third kappa shape index (κ3) is 2.47. The normalized spacial score (nSPS) is 32.2. The van der Waals surface area contributed by atoms with Crippen LogP contribution in [-0.4, -0.2) is 33.9 Å². The van der Waals surface area contributed by atoms with Gasteiger partial charge in [-0.3, -0.25) is 4.79 Å². The molecule has 3 aliphatic rings. The molecule has 0 N–H and O–H groups in total. The highest BCUT2D eigenvalue weighted by atomic mass is 32.2. The molecule has 100 valence electrons. The number of rotatable bonds is 3. The first-order valence-electron chi connectivity index (χ1n) is 7.33. The largest absolute Gasteiger partial charge is 0.335 e. The van der Waals surface area contributed by atoms with Gasteiger partial charge in [0, 0.05) is 17.3 Å². The van der Waals surface area contributed by atoms with Crippen LogP contribution in [0.5, 0.6) is 0 Å². The second-order valence-corrected chi connectivity index (χ2v) is 7.35. The number of carbonyl (C=O) groups excluding carboxylic acids is 1. The van der Waals surface area contributed by atoms with Gasteiger partial charge in [-0.15, -0.1) is 11.8 Å². The predicted octanol–water partition coefficient (Wildman–Crippen LogP) is 3.37. The Balaban J connectivity index is 1.54. The average Bonchev–Trinajstić information content (AvgIpc) is 2.94. The zero-order valence-corrected chi connectivity index (χ0v) is 11.9. The second kappa shape index (κ2) is 5.28. The molecule has 1 aliphatic carbocycles. The molecule has 2 heterocycles. The molecule has 3 fully saturated rings. The zero-order valence-electron chi connectivity index (χ0n) is 11.1. The summed E-state index contributed by atoms with van der Waals surface area (Å²) in [7, 11) is 0. The number of thioether (sulfide) groups is 1. The first-order chi connectivity index (χ1) is 8.74. The molecule has 2 bridgehead atoms. The van der Waals surface area contributed by atoms with Crippen LogP contribution in [0.1, 0.15) is 51.4 Å². The molecule has 2 unspecified atom stereocenters. The highest BCUT2D eigenvalue weighted by Crippen LogP contribution is 2.38. The van der Waals surface area contributed by atoms with Gasteiger partial charge in [0.2, 0.25) is 5.91 Å². The molecule has 2 atom stereocenters. The van der Waals surface area contributed by atoms with Gasteiger partial charge in [-0.1, -0.05) is 25.0 Å². The highest BCUT2D eigenvalue weighted by Gasteiger charge is 2.40. The van der Waals surface area contributed by atoms with Crippen LogP contribution in [0.3, 0.4) is 0 Å². The van der Waals surface area contributed by atoms with Crippen LogP contribution < -0.4 is 0 Å². The lowest BCUT2D eigenvalue weighted by molar-refractivity contribution is -0.131. The van der Waals surface area contributed by atoms with E-state index in [1.165, 1.54) is 44.1 Å². The molecule has 3 rings (SSSR count). The van der Waals surface area contributed by atoms with Crippen LogP contribution in [0.4, 0.5) is 0 Å². The lowest BCUT2D eigenvalue weighted by Gasteiger charge is -2.36. The van der Waals surface area contributed by atoms with Gasteiger partial charge in [-0.2, -0.15) is 0 Å². The van der Waals surface area contributed by atoms with Crippen LogP contribution in [0.25, 0.3) is 0 Å². The van der Waals surface area contributed by atoms with Crippen molar-refractivity contribution in [2.75, 3.05) is 5.75 Å². The molecule has 2 aliphatic heterocycles. The van der Waals surface area contributed by atoms with Gasteiger partial charge < -0.3 is 4.90 Å². The summed E-state index contributed by atoms with van der Waals surface area (Å²) >= 11 is 1.90. The summed E-state index contributed by atoms with van der Waals surface area (Å²) in [5, 5.41) is 0.756. The Morgan fingerprint density at radius 1 is 1.17 bits per heavy atom. The van der Waals surface area contributed by atoms with E-state index in [1.54, 1.807) is 0 Å². The summed E-state index contributed by atoms with van der Waals surface area (Å²) in [5.74, 6) is 1.11. The molecule has 2 saturated heterocycles. The minimum absolute atomic E-state index is 0.395. The van der Waals surface area contributed by atoms with Crippen LogP contribution in [0.15, 0.2) is 12.2 Å². The van der Waals surface area contributed by atoms with Gasteiger partial charge in [-0.25, -0.2) is 0 Å². The molecule has 0 aromatic carbocycles. The molecule has 1 saturated carbocycles. The summed E-state index contributed by atoms with van der Waals surface area (Å²) in [6.45, 7) is 4.11. The van der Waals surface area contributed by atoms with E-state index in [0.29, 0.717) is 23.7 Å². The molecule has 0 spiro atoms. The van der Waals surface area contributed by atoms with E-state index in [9.17, 15) is 4.79 Å². The number of fused-ring (bicyclic) bond motifs is 2. The van der Waals surface area contributed by atoms with Gasteiger partial charge in [0.25, 0.3) is 0 Å². The smallest absolute Gasteiger partial charge is 0.233 e. The maximum Gasteiger partial charge on any atom is 0.233 e. The molecular formula is C15H23NOS. The van der Waals surface area contributed by atoms with Gasteiger partial charge >= 0.3 is 0 Å². The van der Waals surface area contributed by atoms with E-state index < -0.39 is 0 Å². The van der Waals surface area contributed by atoms with Crippen molar-refractivity contribution in [1.29, 1.82) is 0 Å². The predicted molar refractivity (Wildman–Crippen MR) is 76.7 cm³/mol. The van der Waals surface area contributed by atoms with Crippen molar-refractivity contribution >= 4 is 17.7 Å². The second-order valence-electron chi connectivity index (χ2n) is 6.06. The molecule has 1 amide bonds. The summed E-state index contributed by atoms with van der Waals surface area (Å²) in [5.41, 5.74) is 1.36. The summed E-state index contributed by atoms with van der Waals surface area (Å²) in [4.78, 5) is 14.6. The molecule has 0 aromatic rings. The van der Waals surface area contributed by atoms with E-state index >= 15 is 0 Å². The topological polar surface area (TPSA) is 20.3 Å². The van der Waals surface area contributed by atoms with Crippen molar-refractivity contribution in [3.63, 3.8) is 0 Å². The summed E-state index contributed by atoms with van der Waals surface area (Å²) in [6, 6.07) is 0.959. The Bertz CT molecular complexity index is 332. The first-order valence-corrected chi connectivity index (χ1v) is 8.38. The maximum absolute atomic E-state index is 12.4. The zero-order chi connectivity index (χ0) is 12.5. The molecular weight excluding hydrogens is 242 g/mol. The van der Waals surface area contributed by atoms with E-state index in [-0.39, 0.29) is 0 Å². The maximum atomic E-state index is 12.4. The van der Waals surface area contributed by atoms with Crippen LogP contribution in [0, 0.1) is 0 Å². The lowest BCUT2D eigenvalue weighted by atomic mass is 9.98. The van der Waals surface area contributed by atoms with Crippen molar-refractivity contribution in [3.05, 3.63) is 12.2 Å². The fourth-order valence-corrected chi connectivity index (χ4v) is 5.03. The van der Waals surface area contributed by atoms with E-state index in [1.807, 2.05) is 11.8 Å². The van der Waals surface area contributed by atoms with E-state index in [0.717, 1.165) is 18.1 Å². The number of amides is 1. The Morgan fingerprint density at radius 3 is 2.39 bits per heavy atom. The molecule has 3 heteroatoms. The van der Waals surface area contributed by atoms with Gasteiger partial charge in [0.1, 0.15) is 0 Å². The SMILES string of the molecule is C=C1CC2CCC(C1)N2C(=O)CSC1CCCC1. The molecule has 18 heavy (non-hydrogen) atoms. The number of piperidine rings is 1. The quantitative estimate of drug-likeness (QED) is 0.729. The Morgan fingerprint density at radius 2 is 1.78 bits per heavy atom. The number of nitrogens with zero attached hydrogens (tertiary/aromatic N) is 1. The van der Waals surface area contributed by atoms with Crippen molar-refractivity contribution in [3.8, 4) is 0 Å². The van der Waals surface area contributed by atoms with E-state index in [4.69, 9.17) is 0 Å². The van der Waals surface area contributed by atoms with Crippen LogP contribution in [0.2, 0.25) is 0 Å². The molecule has 2 nitrogen and oxygen atoms in total. The van der Waals surface area contributed by atoms with E-state index in [2.05, 4.69) is 11.5 Å². The summed E-state index contributed by atoms with van der Waals surface area (Å²) in [6.07, 6.45) is 9.87. The van der Waals surface area contributed by atoms with Crippen LogP contribution in [-0.2, 0) is 4.79 Å². The van der Waals surface area contributed by atoms with Crippen molar-refractivity contribution in [2.45, 2.75) is 68.7 Å². The first kappa shape index (κ1) is 12.6. The molecule has 0 aromatic heterocycles. The van der Waals surface area contributed by atoms with Gasteiger partial charge in [-0.05, 0) is 38.5 Å². The number of carbonyl (C=O) groups is 1. The Hall–Kier alpha value is -0.440. The van der Waals surface area contributed by atoms with Crippen molar-refractivity contribution in [1.82, 2.24) is 4.90 Å². The summed E-state index contributed by atoms with van der Waals surface area (Å²) < 4.78 is 0. The number of hydrogen-bond acceptors (Lipinski definition) is 2. The van der Waals surface area contributed by atoms with Crippen molar-refractivity contribution < 1.29 is 4.79 Å². The van der Waals surface area contributed by atoms with Crippen molar-refractivity contribution in [2.24, 2.45) is 0 Å². The lowest BCUT2D eigenvalue weighted by Crippen LogP contribution is -2.45. The molecule has 0 radical (unpaired) electrons. The Labute approximate surface area is 114 Å². The van der Waals surface area contributed by atoms with Crippen LogP contribution >= 0.6 is 11.8 Å². The minimum atomic E-state index is 0.395. The third-order valence-electron chi connectivity index (χ3n) is 4.70. The Kier molecular flexibility index (Phi) is 3.69. The fraction of sp³-hybridized carbons (Fsp3) is 0.800. The minimum Gasteiger partial charge on any atom is -0.335 e. The highest BCUT2D eigenvalue weighted by molar-refractivity contribution is 8.00. The van der Waals surface area contributed by atoms with Gasteiger partial charge in [0.05, 0.1) is 5.75 Å². The number of hydrogen-bond donors (Lipinski definition) is 0. The fourth-order valence-electron chi connectivity index (χ4n) is 3.84. The third-order valence-corrected chi connectivity index (χ3v) is 6.06. The standard InChI is InChI=1S/C15H23NOS/c1-11-8-12-6-7-13(9-11)16(12)15(17)10-18-14-4-2-3-5-14/h12-14H,1-10H2.